The Bertz CT molecular complexity index is 1630. The standard InChI is InChI=1S/C33H31BrFN3O2/c1-19-13-21(18-40-29-12-8-5-9-24(29)34)20(2)22(14-19)30-23(17-36)32(37)38(26-11-7-6-10-25(26)35)27-15-33(3,4)16-28(39)31(27)30/h5-14,30H,15-16,18,37H2,1-4H3. The average Bonchev–Trinajstić information content (AvgIpc) is 2.89. The van der Waals surface area contributed by atoms with E-state index in [1.54, 1.807) is 23.1 Å². The van der Waals surface area contributed by atoms with Crippen LogP contribution in [0.4, 0.5) is 10.1 Å². The molecular formula is C33H31BrFN3O2. The molecule has 3 aromatic carbocycles. The van der Waals surface area contributed by atoms with Gasteiger partial charge in [0, 0.05) is 17.7 Å². The zero-order valence-electron chi connectivity index (χ0n) is 23.0. The van der Waals surface area contributed by atoms with Gasteiger partial charge in [0.1, 0.15) is 24.0 Å². The Morgan fingerprint density at radius 3 is 2.52 bits per heavy atom. The van der Waals surface area contributed by atoms with Gasteiger partial charge in [0.05, 0.1) is 27.7 Å². The molecule has 0 saturated heterocycles. The highest BCUT2D eigenvalue weighted by molar-refractivity contribution is 9.10. The zero-order chi connectivity index (χ0) is 28.8. The number of Topliss-reactive ketones (excluding diaryl/α,β-unsaturated/α-hetero) is 1. The lowest BCUT2D eigenvalue weighted by molar-refractivity contribution is -0.118. The van der Waals surface area contributed by atoms with Crippen molar-refractivity contribution < 1.29 is 13.9 Å². The third-order valence-electron chi connectivity index (χ3n) is 7.70. The highest BCUT2D eigenvalue weighted by Gasteiger charge is 2.45. The molecule has 2 N–H and O–H groups in total. The van der Waals surface area contributed by atoms with Gasteiger partial charge >= 0.3 is 0 Å². The van der Waals surface area contributed by atoms with Gasteiger partial charge in [0.15, 0.2) is 5.78 Å². The summed E-state index contributed by atoms with van der Waals surface area (Å²) >= 11 is 3.53. The predicted molar refractivity (Wildman–Crippen MR) is 158 cm³/mol. The average molecular weight is 601 g/mol. The monoisotopic (exact) mass is 599 g/mol. The number of allylic oxidation sites excluding steroid dienone is 3. The molecule has 0 saturated carbocycles. The second-order valence-electron chi connectivity index (χ2n) is 11.3. The first kappa shape index (κ1) is 27.7. The van der Waals surface area contributed by atoms with Crippen molar-refractivity contribution in [3.8, 4) is 11.8 Å². The minimum Gasteiger partial charge on any atom is -0.488 e. The Balaban J connectivity index is 1.69. The molecule has 5 nitrogen and oxygen atoms in total. The van der Waals surface area contributed by atoms with E-state index in [4.69, 9.17) is 10.5 Å². The first-order chi connectivity index (χ1) is 19.0. The number of carbonyl (C=O) groups is 1. The van der Waals surface area contributed by atoms with Crippen molar-refractivity contribution in [2.75, 3.05) is 4.90 Å². The largest absolute Gasteiger partial charge is 0.488 e. The molecule has 1 atom stereocenters. The van der Waals surface area contributed by atoms with Crippen LogP contribution in [0.5, 0.6) is 5.75 Å². The molecule has 40 heavy (non-hydrogen) atoms. The van der Waals surface area contributed by atoms with E-state index in [2.05, 4.69) is 28.1 Å². The van der Waals surface area contributed by atoms with E-state index in [0.717, 1.165) is 32.5 Å². The van der Waals surface area contributed by atoms with E-state index in [1.807, 2.05) is 58.0 Å². The number of ketones is 1. The van der Waals surface area contributed by atoms with Crippen LogP contribution in [0.3, 0.4) is 0 Å². The summed E-state index contributed by atoms with van der Waals surface area (Å²) in [5.74, 6) is -0.311. The molecule has 1 unspecified atom stereocenters. The predicted octanol–water partition coefficient (Wildman–Crippen LogP) is 7.72. The smallest absolute Gasteiger partial charge is 0.162 e. The van der Waals surface area contributed by atoms with Gasteiger partial charge in [-0.1, -0.05) is 55.8 Å². The Labute approximate surface area is 242 Å². The summed E-state index contributed by atoms with van der Waals surface area (Å²) in [6, 6.07) is 20.3. The maximum absolute atomic E-state index is 15.1. The Morgan fingerprint density at radius 1 is 1.12 bits per heavy atom. The van der Waals surface area contributed by atoms with E-state index in [0.29, 0.717) is 30.7 Å². The molecule has 1 heterocycles. The molecule has 1 aliphatic heterocycles. The molecule has 204 valence electrons. The molecule has 0 spiro atoms. The quantitative estimate of drug-likeness (QED) is 0.324. The number of hydrogen-bond acceptors (Lipinski definition) is 5. The van der Waals surface area contributed by atoms with Crippen molar-refractivity contribution >= 4 is 27.4 Å². The lowest BCUT2D eigenvalue weighted by atomic mass is 9.68. The number of ether oxygens (including phenoxy) is 1. The summed E-state index contributed by atoms with van der Waals surface area (Å²) in [6.45, 7) is 8.33. The molecule has 0 aromatic heterocycles. The first-order valence-electron chi connectivity index (χ1n) is 13.2. The van der Waals surface area contributed by atoms with Crippen LogP contribution < -0.4 is 15.4 Å². The summed E-state index contributed by atoms with van der Waals surface area (Å²) < 4.78 is 22.1. The zero-order valence-corrected chi connectivity index (χ0v) is 24.6. The van der Waals surface area contributed by atoms with Crippen LogP contribution in [0.2, 0.25) is 0 Å². The highest BCUT2D eigenvalue weighted by atomic mass is 79.9. The fourth-order valence-corrected chi connectivity index (χ4v) is 6.26. The van der Waals surface area contributed by atoms with Gasteiger partial charge in [0.2, 0.25) is 0 Å². The summed E-state index contributed by atoms with van der Waals surface area (Å²) in [6.07, 6.45) is 0.843. The highest BCUT2D eigenvalue weighted by Crippen LogP contribution is 2.51. The van der Waals surface area contributed by atoms with Crippen LogP contribution >= 0.6 is 15.9 Å². The summed E-state index contributed by atoms with van der Waals surface area (Å²) in [4.78, 5) is 15.5. The molecular weight excluding hydrogens is 569 g/mol. The van der Waals surface area contributed by atoms with Gasteiger partial charge in [-0.05, 0) is 82.6 Å². The fourth-order valence-electron chi connectivity index (χ4n) is 5.86. The lowest BCUT2D eigenvalue weighted by Crippen LogP contribution is -2.42. The van der Waals surface area contributed by atoms with Crippen LogP contribution in [-0.2, 0) is 11.4 Å². The number of rotatable bonds is 5. The topological polar surface area (TPSA) is 79.3 Å². The van der Waals surface area contributed by atoms with Crippen molar-refractivity contribution in [3.05, 3.63) is 116 Å². The van der Waals surface area contributed by atoms with Crippen molar-refractivity contribution in [1.82, 2.24) is 0 Å². The minimum atomic E-state index is -0.659. The number of anilines is 1. The summed E-state index contributed by atoms with van der Waals surface area (Å²) in [7, 11) is 0. The van der Waals surface area contributed by atoms with Crippen LogP contribution in [-0.4, -0.2) is 5.78 Å². The molecule has 0 amide bonds. The van der Waals surface area contributed by atoms with E-state index in [1.165, 1.54) is 6.07 Å². The summed E-state index contributed by atoms with van der Waals surface area (Å²) in [5.41, 5.74) is 11.7. The molecule has 5 rings (SSSR count). The molecule has 0 fully saturated rings. The normalized spacial score (nSPS) is 18.5. The molecule has 0 radical (unpaired) electrons. The van der Waals surface area contributed by atoms with E-state index >= 15 is 4.39 Å². The number of halogens is 2. The SMILES string of the molecule is Cc1cc(COc2ccccc2Br)c(C)c(C2C(C#N)=C(N)N(c3ccccc3F)C3=C2C(=O)CC(C)(C)C3)c1. The molecule has 1 aliphatic carbocycles. The number of nitrogens with two attached hydrogens (primary N) is 1. The number of aryl methyl sites for hydroxylation is 1. The van der Waals surface area contributed by atoms with Gasteiger partial charge < -0.3 is 10.5 Å². The third-order valence-corrected chi connectivity index (χ3v) is 8.36. The van der Waals surface area contributed by atoms with E-state index in [-0.39, 0.29) is 28.3 Å². The molecule has 2 aliphatic rings. The van der Waals surface area contributed by atoms with Crippen molar-refractivity contribution in [2.24, 2.45) is 11.1 Å². The van der Waals surface area contributed by atoms with Gasteiger partial charge in [0.25, 0.3) is 0 Å². The van der Waals surface area contributed by atoms with E-state index in [9.17, 15) is 10.1 Å². The molecule has 0 bridgehead atoms. The number of benzene rings is 3. The molecule has 3 aromatic rings. The maximum Gasteiger partial charge on any atom is 0.162 e. The Hall–Kier alpha value is -3.89. The lowest BCUT2D eigenvalue weighted by Gasteiger charge is -2.44. The van der Waals surface area contributed by atoms with Crippen molar-refractivity contribution in [2.45, 2.75) is 53.1 Å². The second kappa shape index (κ2) is 10.6. The van der Waals surface area contributed by atoms with E-state index < -0.39 is 11.7 Å². The van der Waals surface area contributed by atoms with Gasteiger partial charge in [-0.15, -0.1) is 0 Å². The Morgan fingerprint density at radius 2 is 1.82 bits per heavy atom. The minimum absolute atomic E-state index is 0.0511. The van der Waals surface area contributed by atoms with Crippen LogP contribution in [0.15, 0.2) is 87.8 Å². The third kappa shape index (κ3) is 4.93. The maximum atomic E-state index is 15.1. The van der Waals surface area contributed by atoms with Crippen LogP contribution in [0.25, 0.3) is 0 Å². The molecule has 7 heteroatoms. The van der Waals surface area contributed by atoms with Gasteiger partial charge in [-0.2, -0.15) is 5.26 Å². The number of carbonyl (C=O) groups excluding carboxylic acids is 1. The number of nitriles is 1. The van der Waals surface area contributed by atoms with Crippen molar-refractivity contribution in [1.29, 1.82) is 5.26 Å². The number of nitrogens with zero attached hydrogens (tertiary/aromatic N) is 2. The van der Waals surface area contributed by atoms with Crippen LogP contribution in [0.1, 0.15) is 54.9 Å². The fraction of sp³-hybridized carbons (Fsp3) is 0.273. The second-order valence-corrected chi connectivity index (χ2v) is 12.1. The van der Waals surface area contributed by atoms with Crippen LogP contribution in [0, 0.1) is 36.4 Å². The van der Waals surface area contributed by atoms with Gasteiger partial charge in [-0.3, -0.25) is 9.69 Å². The summed E-state index contributed by atoms with van der Waals surface area (Å²) in [5, 5.41) is 10.4. The Kier molecular flexibility index (Phi) is 7.32. The van der Waals surface area contributed by atoms with Gasteiger partial charge in [-0.25, -0.2) is 4.39 Å². The van der Waals surface area contributed by atoms with Crippen molar-refractivity contribution in [3.63, 3.8) is 0 Å². The first-order valence-corrected chi connectivity index (χ1v) is 14.0. The number of para-hydroxylation sites is 2. The number of hydrogen-bond donors (Lipinski definition) is 1.